The Morgan fingerprint density at radius 2 is 1.89 bits per heavy atom. The lowest BCUT2D eigenvalue weighted by molar-refractivity contribution is 0.374. The monoisotopic (exact) mass is 252 g/mol. The van der Waals surface area contributed by atoms with Crippen LogP contribution in [0, 0.1) is 0 Å². The summed E-state index contributed by atoms with van der Waals surface area (Å²) in [4.78, 5) is 0. The first-order chi connectivity index (χ1) is 8.55. The Kier molecular flexibility index (Phi) is 5.44. The molecule has 0 bridgehead atoms. The molecular weight excluding hydrogens is 228 g/mol. The molecule has 0 aliphatic rings. The highest BCUT2D eigenvalue weighted by molar-refractivity contribution is 5.44. The number of methoxy groups -OCH3 is 2. The minimum Gasteiger partial charge on any atom is -0.497 e. The van der Waals surface area contributed by atoms with Gasteiger partial charge in [0, 0.05) is 30.3 Å². The second kappa shape index (κ2) is 6.61. The molecule has 0 unspecified atom stereocenters. The molecule has 2 N–H and O–H groups in total. The van der Waals surface area contributed by atoms with Gasteiger partial charge in [-0.1, -0.05) is 19.9 Å². The molecule has 4 heteroatoms. The predicted octanol–water partition coefficient (Wildman–Crippen LogP) is 1.75. The summed E-state index contributed by atoms with van der Waals surface area (Å²) in [6, 6.07) is 5.96. The third kappa shape index (κ3) is 3.62. The molecule has 0 spiro atoms. The van der Waals surface area contributed by atoms with Gasteiger partial charge in [-0.25, -0.2) is 0 Å². The van der Waals surface area contributed by atoms with Gasteiger partial charge in [0.05, 0.1) is 14.2 Å². The van der Waals surface area contributed by atoms with E-state index in [9.17, 15) is 0 Å². The Bertz CT molecular complexity index is 378. The lowest BCUT2D eigenvalue weighted by Crippen LogP contribution is -2.37. The lowest BCUT2D eigenvalue weighted by atomic mass is 9.84. The molecule has 4 nitrogen and oxygen atoms in total. The zero-order valence-electron chi connectivity index (χ0n) is 12.0. The van der Waals surface area contributed by atoms with Crippen LogP contribution >= 0.6 is 0 Å². The maximum Gasteiger partial charge on any atom is 0.126 e. The molecule has 0 atom stereocenters. The molecule has 1 rings (SSSR count). The van der Waals surface area contributed by atoms with E-state index < -0.39 is 0 Å². The van der Waals surface area contributed by atoms with Crippen LogP contribution in [0.2, 0.25) is 0 Å². The quantitative estimate of drug-likeness (QED) is 0.573. The first-order valence-corrected chi connectivity index (χ1v) is 6.13. The van der Waals surface area contributed by atoms with Gasteiger partial charge in [0.25, 0.3) is 0 Å². The molecule has 0 aliphatic carbocycles. The summed E-state index contributed by atoms with van der Waals surface area (Å²) in [5.74, 6) is 1.68. The van der Waals surface area contributed by atoms with Crippen molar-refractivity contribution < 1.29 is 9.47 Å². The molecule has 102 valence electrons. The normalized spacial score (nSPS) is 11.4. The summed E-state index contributed by atoms with van der Waals surface area (Å²) < 4.78 is 10.7. The smallest absolute Gasteiger partial charge is 0.126 e. The molecular formula is C14H24N2O2. The van der Waals surface area contributed by atoms with Gasteiger partial charge in [0.15, 0.2) is 0 Å². The van der Waals surface area contributed by atoms with Gasteiger partial charge >= 0.3 is 0 Å². The molecule has 0 radical (unpaired) electrons. The number of hydrogen-bond acceptors (Lipinski definition) is 4. The van der Waals surface area contributed by atoms with Crippen LogP contribution in [0.4, 0.5) is 0 Å². The molecule has 0 aliphatic heterocycles. The van der Waals surface area contributed by atoms with Crippen LogP contribution in [0.1, 0.15) is 19.4 Å². The van der Waals surface area contributed by atoms with E-state index >= 15 is 0 Å². The summed E-state index contributed by atoms with van der Waals surface area (Å²) in [7, 11) is 5.28. The van der Waals surface area contributed by atoms with Gasteiger partial charge in [0.1, 0.15) is 11.5 Å². The van der Waals surface area contributed by atoms with E-state index in [-0.39, 0.29) is 5.41 Å². The van der Waals surface area contributed by atoms with Crippen molar-refractivity contribution in [2.75, 3.05) is 34.5 Å². The van der Waals surface area contributed by atoms with Crippen molar-refractivity contribution in [3.63, 3.8) is 0 Å². The second-order valence-corrected chi connectivity index (χ2v) is 4.91. The van der Waals surface area contributed by atoms with Crippen molar-refractivity contribution in [1.82, 2.24) is 10.6 Å². The van der Waals surface area contributed by atoms with Crippen molar-refractivity contribution in [3.8, 4) is 11.5 Å². The number of rotatable bonds is 7. The van der Waals surface area contributed by atoms with Crippen LogP contribution in [0.25, 0.3) is 0 Å². The fourth-order valence-electron chi connectivity index (χ4n) is 1.95. The molecule has 0 saturated heterocycles. The Hall–Kier alpha value is -1.26. The summed E-state index contributed by atoms with van der Waals surface area (Å²) in [5, 5.41) is 6.43. The number of hydrogen-bond donors (Lipinski definition) is 2. The van der Waals surface area contributed by atoms with Crippen LogP contribution in [0.3, 0.4) is 0 Å². The Morgan fingerprint density at radius 3 is 2.44 bits per heavy atom. The molecule has 0 saturated carbocycles. The average Bonchev–Trinajstić information content (AvgIpc) is 2.38. The summed E-state index contributed by atoms with van der Waals surface area (Å²) in [6.07, 6.45) is 0. The fourth-order valence-corrected chi connectivity index (χ4v) is 1.95. The third-order valence-corrected chi connectivity index (χ3v) is 3.01. The number of benzene rings is 1. The fraction of sp³-hybridized carbons (Fsp3) is 0.571. The summed E-state index contributed by atoms with van der Waals surface area (Å²) in [6.45, 7) is 6.05. The van der Waals surface area contributed by atoms with E-state index in [1.165, 1.54) is 5.56 Å². The molecule has 1 aromatic rings. The number of nitrogens with one attached hydrogen (secondary N) is 2. The van der Waals surface area contributed by atoms with Crippen LogP contribution in [-0.2, 0) is 5.41 Å². The zero-order valence-corrected chi connectivity index (χ0v) is 12.0. The van der Waals surface area contributed by atoms with Crippen LogP contribution < -0.4 is 20.1 Å². The average molecular weight is 252 g/mol. The minimum absolute atomic E-state index is 0.00549. The van der Waals surface area contributed by atoms with Gasteiger partial charge in [-0.15, -0.1) is 0 Å². The van der Waals surface area contributed by atoms with Crippen molar-refractivity contribution in [2.45, 2.75) is 19.3 Å². The van der Waals surface area contributed by atoms with E-state index in [1.807, 2.05) is 19.2 Å². The van der Waals surface area contributed by atoms with Crippen molar-refractivity contribution >= 4 is 0 Å². The first kappa shape index (κ1) is 14.8. The highest BCUT2D eigenvalue weighted by atomic mass is 16.5. The zero-order chi connectivity index (χ0) is 13.6. The van der Waals surface area contributed by atoms with Crippen LogP contribution in [-0.4, -0.2) is 34.5 Å². The molecule has 0 fully saturated rings. The van der Waals surface area contributed by atoms with Gasteiger partial charge in [-0.3, -0.25) is 0 Å². The second-order valence-electron chi connectivity index (χ2n) is 4.91. The van der Waals surface area contributed by atoms with Crippen LogP contribution in [0.5, 0.6) is 11.5 Å². The molecule has 0 amide bonds. The number of ether oxygens (including phenoxy) is 2. The predicted molar refractivity (Wildman–Crippen MR) is 74.5 cm³/mol. The highest BCUT2D eigenvalue weighted by Crippen LogP contribution is 2.33. The van der Waals surface area contributed by atoms with Crippen LogP contribution in [0.15, 0.2) is 18.2 Å². The van der Waals surface area contributed by atoms with E-state index in [0.717, 1.165) is 24.7 Å². The van der Waals surface area contributed by atoms with Gasteiger partial charge in [-0.05, 0) is 13.1 Å². The first-order valence-electron chi connectivity index (χ1n) is 6.13. The summed E-state index contributed by atoms with van der Waals surface area (Å²) >= 11 is 0. The lowest BCUT2D eigenvalue weighted by Gasteiger charge is -2.27. The largest absolute Gasteiger partial charge is 0.497 e. The SMILES string of the molecule is CNCNCC(C)(C)c1ccc(OC)cc1OC. The standard InChI is InChI=1S/C14H24N2O2/c1-14(2,9-16-10-15-3)12-7-6-11(17-4)8-13(12)18-5/h6-8,15-16H,9-10H2,1-5H3. The Morgan fingerprint density at radius 1 is 1.17 bits per heavy atom. The van der Waals surface area contributed by atoms with Gasteiger partial charge in [-0.2, -0.15) is 0 Å². The molecule has 18 heavy (non-hydrogen) atoms. The Labute approximate surface area is 110 Å². The van der Waals surface area contributed by atoms with E-state index in [2.05, 4.69) is 30.5 Å². The highest BCUT2D eigenvalue weighted by Gasteiger charge is 2.24. The third-order valence-electron chi connectivity index (χ3n) is 3.01. The molecule has 0 aromatic heterocycles. The van der Waals surface area contributed by atoms with E-state index in [0.29, 0.717) is 0 Å². The maximum atomic E-state index is 5.46. The van der Waals surface area contributed by atoms with E-state index in [4.69, 9.17) is 9.47 Å². The van der Waals surface area contributed by atoms with E-state index in [1.54, 1.807) is 14.2 Å². The van der Waals surface area contributed by atoms with Crippen molar-refractivity contribution in [2.24, 2.45) is 0 Å². The minimum atomic E-state index is -0.00549. The molecule has 0 heterocycles. The summed E-state index contributed by atoms with van der Waals surface area (Å²) in [5.41, 5.74) is 1.17. The van der Waals surface area contributed by atoms with Crippen molar-refractivity contribution in [3.05, 3.63) is 23.8 Å². The Balaban J connectivity index is 2.92. The van der Waals surface area contributed by atoms with Crippen molar-refractivity contribution in [1.29, 1.82) is 0 Å². The molecule has 1 aromatic carbocycles. The van der Waals surface area contributed by atoms with Gasteiger partial charge in [0.2, 0.25) is 0 Å². The topological polar surface area (TPSA) is 42.5 Å². The van der Waals surface area contributed by atoms with Gasteiger partial charge < -0.3 is 20.1 Å². The maximum absolute atomic E-state index is 5.46.